The maximum Gasteiger partial charge on any atom is 0.257 e. The van der Waals surface area contributed by atoms with E-state index < -0.39 is 0 Å². The number of fused-ring (bicyclic) bond motifs is 1. The van der Waals surface area contributed by atoms with Crippen molar-refractivity contribution in [2.24, 2.45) is 0 Å². The van der Waals surface area contributed by atoms with Crippen LogP contribution in [-0.4, -0.2) is 26.6 Å². The van der Waals surface area contributed by atoms with Crippen LogP contribution in [-0.2, 0) is 11.3 Å². The van der Waals surface area contributed by atoms with Crippen molar-refractivity contribution in [2.75, 3.05) is 10.6 Å². The molecule has 0 bridgehead atoms. The number of pyridine rings is 1. The first-order valence-corrected chi connectivity index (χ1v) is 8.92. The molecule has 0 saturated carbocycles. The third kappa shape index (κ3) is 3.55. The predicted octanol–water partition coefficient (Wildman–Crippen LogP) is 3.19. The lowest BCUT2D eigenvalue weighted by Gasteiger charge is -2.25. The zero-order valence-corrected chi connectivity index (χ0v) is 15.1. The molecule has 3 heterocycles. The smallest absolute Gasteiger partial charge is 0.257 e. The average molecular weight is 373 g/mol. The Hall–Kier alpha value is -3.74. The van der Waals surface area contributed by atoms with Crippen molar-refractivity contribution in [1.82, 2.24) is 14.8 Å². The van der Waals surface area contributed by atoms with Gasteiger partial charge in [0, 0.05) is 42.3 Å². The molecule has 28 heavy (non-hydrogen) atoms. The molecule has 0 fully saturated rings. The van der Waals surface area contributed by atoms with E-state index in [4.69, 9.17) is 0 Å². The van der Waals surface area contributed by atoms with Gasteiger partial charge in [-0.3, -0.25) is 19.3 Å². The van der Waals surface area contributed by atoms with E-state index in [9.17, 15) is 9.59 Å². The molecule has 1 atom stereocenters. The summed E-state index contributed by atoms with van der Waals surface area (Å²) >= 11 is 0. The molecule has 0 radical (unpaired) electrons. The van der Waals surface area contributed by atoms with Crippen LogP contribution in [0.4, 0.5) is 11.4 Å². The van der Waals surface area contributed by atoms with Crippen LogP contribution >= 0.6 is 0 Å². The molecular formula is C21H19N5O2. The van der Waals surface area contributed by atoms with E-state index in [0.717, 1.165) is 11.1 Å². The van der Waals surface area contributed by atoms with E-state index in [1.165, 1.54) is 6.20 Å². The summed E-state index contributed by atoms with van der Waals surface area (Å²) in [4.78, 5) is 28.5. The minimum atomic E-state index is -0.252. The summed E-state index contributed by atoms with van der Waals surface area (Å²) in [5.41, 5.74) is 3.75. The van der Waals surface area contributed by atoms with Gasteiger partial charge in [0.05, 0.1) is 18.3 Å². The Balaban J connectivity index is 1.60. The van der Waals surface area contributed by atoms with Crippen molar-refractivity contribution < 1.29 is 9.59 Å². The number of amides is 2. The lowest BCUT2D eigenvalue weighted by Crippen LogP contribution is -2.23. The fourth-order valence-electron chi connectivity index (χ4n) is 3.33. The number of carbonyl (C=O) groups excluding carboxylic acids is 2. The van der Waals surface area contributed by atoms with Gasteiger partial charge in [0.15, 0.2) is 0 Å². The highest BCUT2D eigenvalue weighted by Gasteiger charge is 2.27. The van der Waals surface area contributed by atoms with E-state index >= 15 is 0 Å². The van der Waals surface area contributed by atoms with Gasteiger partial charge >= 0.3 is 0 Å². The van der Waals surface area contributed by atoms with E-state index in [1.54, 1.807) is 41.4 Å². The zero-order valence-electron chi connectivity index (χ0n) is 15.1. The van der Waals surface area contributed by atoms with Crippen molar-refractivity contribution >= 4 is 23.2 Å². The third-order valence-electron chi connectivity index (χ3n) is 4.65. The van der Waals surface area contributed by atoms with Crippen LogP contribution in [0.15, 0.2) is 67.8 Å². The molecule has 0 aliphatic carbocycles. The summed E-state index contributed by atoms with van der Waals surface area (Å²) in [6.07, 6.45) is 8.97. The molecule has 0 spiro atoms. The number of aromatic nitrogens is 3. The normalized spacial score (nSPS) is 15.4. The fraction of sp³-hybridized carbons (Fsp3) is 0.143. The van der Waals surface area contributed by atoms with Crippen molar-refractivity contribution in [3.05, 3.63) is 84.5 Å². The van der Waals surface area contributed by atoms with E-state index in [2.05, 4.69) is 27.3 Å². The molecule has 7 nitrogen and oxygen atoms in total. The van der Waals surface area contributed by atoms with Gasteiger partial charge in [-0.25, -0.2) is 0 Å². The second kappa shape index (κ2) is 7.48. The Kier molecular flexibility index (Phi) is 4.72. The summed E-state index contributed by atoms with van der Waals surface area (Å²) in [6, 6.07) is 8.95. The first-order valence-electron chi connectivity index (χ1n) is 8.92. The molecule has 2 aromatic heterocycles. The highest BCUT2D eigenvalue weighted by Crippen LogP contribution is 2.38. The number of nitrogens with zero attached hydrogens (tertiary/aromatic N) is 3. The van der Waals surface area contributed by atoms with Crippen LogP contribution in [0, 0.1) is 0 Å². The van der Waals surface area contributed by atoms with Gasteiger partial charge in [-0.2, -0.15) is 5.10 Å². The molecule has 4 rings (SSSR count). The Morgan fingerprint density at radius 1 is 1.36 bits per heavy atom. The Morgan fingerprint density at radius 2 is 2.25 bits per heavy atom. The van der Waals surface area contributed by atoms with Crippen molar-refractivity contribution in [3.63, 3.8) is 0 Å². The summed E-state index contributed by atoms with van der Waals surface area (Å²) < 4.78 is 1.79. The van der Waals surface area contributed by atoms with Gasteiger partial charge < -0.3 is 10.6 Å². The fourth-order valence-corrected chi connectivity index (χ4v) is 3.33. The number of carbonyl (C=O) groups is 2. The zero-order chi connectivity index (χ0) is 19.5. The average Bonchev–Trinajstić information content (AvgIpc) is 3.16. The summed E-state index contributed by atoms with van der Waals surface area (Å²) in [5.74, 6) is -0.396. The molecule has 2 N–H and O–H groups in total. The number of allylic oxidation sites excluding steroid dienone is 1. The summed E-state index contributed by atoms with van der Waals surface area (Å²) in [6.45, 7) is 4.33. The molecule has 7 heteroatoms. The molecule has 0 saturated heterocycles. The minimum absolute atomic E-state index is 0.0651. The Labute approximate surface area is 162 Å². The van der Waals surface area contributed by atoms with Gasteiger partial charge in [-0.15, -0.1) is 6.58 Å². The highest BCUT2D eigenvalue weighted by molar-refractivity contribution is 6.05. The second-order valence-corrected chi connectivity index (χ2v) is 6.59. The van der Waals surface area contributed by atoms with Crippen LogP contribution in [0.25, 0.3) is 0 Å². The quantitative estimate of drug-likeness (QED) is 0.672. The molecule has 1 aliphatic rings. The van der Waals surface area contributed by atoms with Crippen LogP contribution < -0.4 is 10.6 Å². The van der Waals surface area contributed by atoms with Gasteiger partial charge in [0.25, 0.3) is 5.91 Å². The summed E-state index contributed by atoms with van der Waals surface area (Å²) in [5, 5.41) is 10.1. The Bertz CT molecular complexity index is 1040. The molecule has 2 amide bonds. The molecule has 1 aliphatic heterocycles. The number of benzene rings is 1. The third-order valence-corrected chi connectivity index (χ3v) is 4.65. The number of nitrogens with one attached hydrogen (secondary N) is 2. The summed E-state index contributed by atoms with van der Waals surface area (Å²) in [7, 11) is 0. The van der Waals surface area contributed by atoms with Crippen molar-refractivity contribution in [1.29, 1.82) is 0 Å². The van der Waals surface area contributed by atoms with Crippen LogP contribution in [0.2, 0.25) is 0 Å². The van der Waals surface area contributed by atoms with Crippen LogP contribution in [0.1, 0.15) is 33.8 Å². The number of anilines is 2. The van der Waals surface area contributed by atoms with Crippen molar-refractivity contribution in [2.45, 2.75) is 18.9 Å². The second-order valence-electron chi connectivity index (χ2n) is 6.59. The molecule has 1 aromatic carbocycles. The molecule has 1 unspecified atom stereocenters. The van der Waals surface area contributed by atoms with Crippen molar-refractivity contribution in [3.8, 4) is 0 Å². The maximum absolute atomic E-state index is 12.3. The largest absolute Gasteiger partial charge is 0.326 e. The van der Waals surface area contributed by atoms with E-state index in [0.29, 0.717) is 29.9 Å². The predicted molar refractivity (Wildman–Crippen MR) is 106 cm³/mol. The maximum atomic E-state index is 12.3. The SMILES string of the molecule is C=CCn1cc(C2CC(=O)Nc3cc(NC(=O)c4cccnc4)ccc32)cn1. The lowest BCUT2D eigenvalue weighted by molar-refractivity contribution is -0.116. The molecule has 140 valence electrons. The van der Waals surface area contributed by atoms with E-state index in [1.807, 2.05) is 18.3 Å². The van der Waals surface area contributed by atoms with Crippen LogP contribution in [0.5, 0.6) is 0 Å². The van der Waals surface area contributed by atoms with Gasteiger partial charge in [-0.1, -0.05) is 12.1 Å². The first-order chi connectivity index (χ1) is 13.6. The van der Waals surface area contributed by atoms with E-state index in [-0.39, 0.29) is 17.7 Å². The number of hydrogen-bond acceptors (Lipinski definition) is 4. The number of rotatable bonds is 5. The first kappa shape index (κ1) is 17.7. The monoisotopic (exact) mass is 373 g/mol. The van der Waals surface area contributed by atoms with Gasteiger partial charge in [0.1, 0.15) is 0 Å². The van der Waals surface area contributed by atoms with Crippen LogP contribution in [0.3, 0.4) is 0 Å². The minimum Gasteiger partial charge on any atom is -0.326 e. The molecular weight excluding hydrogens is 354 g/mol. The van der Waals surface area contributed by atoms with Gasteiger partial charge in [0.2, 0.25) is 5.91 Å². The lowest BCUT2D eigenvalue weighted by atomic mass is 9.86. The molecule has 3 aromatic rings. The number of hydrogen-bond donors (Lipinski definition) is 2. The highest BCUT2D eigenvalue weighted by atomic mass is 16.2. The Morgan fingerprint density at radius 3 is 3.04 bits per heavy atom. The topological polar surface area (TPSA) is 88.9 Å². The van der Waals surface area contributed by atoms with Gasteiger partial charge in [-0.05, 0) is 35.4 Å². The standard InChI is InChI=1S/C21H19N5O2/c1-2-8-26-13-15(12-23-26)18-10-20(27)25-19-9-16(5-6-17(18)19)24-21(28)14-4-3-7-22-11-14/h2-7,9,11-13,18H,1,8,10H2,(H,24,28)(H,25,27).